The largest absolute Gasteiger partial charge is 0.227 e. The summed E-state index contributed by atoms with van der Waals surface area (Å²) in [6, 6.07) is 2.00. The lowest BCUT2D eigenvalue weighted by molar-refractivity contribution is 0.480. The average Bonchev–Trinajstić information content (AvgIpc) is 3.00. The van der Waals surface area contributed by atoms with Crippen molar-refractivity contribution in [2.24, 2.45) is 0 Å². The fraction of sp³-hybridized carbons (Fsp3) is 0.900. The van der Waals surface area contributed by atoms with Crippen molar-refractivity contribution in [3.63, 3.8) is 0 Å². The van der Waals surface area contributed by atoms with E-state index in [1.54, 1.807) is 0 Å². The Kier molecular flexibility index (Phi) is 2.30. The van der Waals surface area contributed by atoms with Gasteiger partial charge in [-0.05, 0) is 25.7 Å². The van der Waals surface area contributed by atoms with Gasteiger partial charge in [-0.25, -0.2) is 8.42 Å². The summed E-state index contributed by atoms with van der Waals surface area (Å²) in [6.07, 6.45) is 5.81. The number of nitrogens with zero attached hydrogens (tertiary/aromatic N) is 1. The van der Waals surface area contributed by atoms with E-state index in [1.165, 1.54) is 0 Å². The van der Waals surface area contributed by atoms with Crippen molar-refractivity contribution in [3.8, 4) is 6.07 Å². The van der Waals surface area contributed by atoms with Crippen molar-refractivity contribution >= 4 is 9.84 Å². The Morgan fingerprint density at radius 2 is 1.71 bits per heavy atom. The maximum absolute atomic E-state index is 12.1. The van der Waals surface area contributed by atoms with Crippen molar-refractivity contribution in [2.75, 3.05) is 0 Å². The predicted molar refractivity (Wildman–Crippen MR) is 53.4 cm³/mol. The van der Waals surface area contributed by atoms with E-state index in [1.807, 2.05) is 6.07 Å². The summed E-state index contributed by atoms with van der Waals surface area (Å²) >= 11 is 0. The Morgan fingerprint density at radius 3 is 2.14 bits per heavy atom. The zero-order chi connectivity index (χ0) is 10.2. The Labute approximate surface area is 85.0 Å². The Balaban J connectivity index is 2.20. The minimum absolute atomic E-state index is 0.224. The van der Waals surface area contributed by atoms with Crippen molar-refractivity contribution in [1.29, 1.82) is 5.26 Å². The molecule has 0 N–H and O–H groups in total. The monoisotopic (exact) mass is 213 g/mol. The lowest BCUT2D eigenvalue weighted by Crippen LogP contribution is -2.34. The van der Waals surface area contributed by atoms with Crippen LogP contribution < -0.4 is 0 Å². The summed E-state index contributed by atoms with van der Waals surface area (Å²) in [5.41, 5.74) is 0. The van der Waals surface area contributed by atoms with Crippen molar-refractivity contribution in [3.05, 3.63) is 0 Å². The highest BCUT2D eigenvalue weighted by molar-refractivity contribution is 7.94. The highest BCUT2D eigenvalue weighted by Crippen LogP contribution is 2.47. The van der Waals surface area contributed by atoms with E-state index in [4.69, 9.17) is 5.26 Å². The molecule has 0 radical (unpaired) electrons. The molecule has 3 nitrogen and oxygen atoms in total. The summed E-state index contributed by atoms with van der Waals surface area (Å²) in [6.45, 7) is 0. The molecule has 0 heterocycles. The van der Waals surface area contributed by atoms with Crippen LogP contribution in [0.5, 0.6) is 0 Å². The van der Waals surface area contributed by atoms with Gasteiger partial charge in [0.2, 0.25) is 0 Å². The van der Waals surface area contributed by atoms with Crippen LogP contribution in [0.2, 0.25) is 0 Å². The fourth-order valence-corrected chi connectivity index (χ4v) is 4.66. The van der Waals surface area contributed by atoms with E-state index in [-0.39, 0.29) is 5.25 Å². The Morgan fingerprint density at radius 1 is 1.14 bits per heavy atom. The van der Waals surface area contributed by atoms with Crippen LogP contribution >= 0.6 is 0 Å². The smallest absolute Gasteiger partial charge is 0.172 e. The summed E-state index contributed by atoms with van der Waals surface area (Å²) in [5.74, 6) is 0. The zero-order valence-corrected chi connectivity index (χ0v) is 9.02. The van der Waals surface area contributed by atoms with Crippen LogP contribution in [0.25, 0.3) is 0 Å². The molecule has 0 aromatic rings. The van der Waals surface area contributed by atoms with Crippen molar-refractivity contribution < 1.29 is 8.42 Å². The second-order valence-electron chi connectivity index (χ2n) is 4.41. The summed E-state index contributed by atoms with van der Waals surface area (Å²) in [7, 11) is -3.16. The van der Waals surface area contributed by atoms with Crippen LogP contribution in [-0.2, 0) is 9.84 Å². The van der Waals surface area contributed by atoms with Gasteiger partial charge in [0.15, 0.2) is 14.6 Å². The second kappa shape index (κ2) is 3.23. The molecule has 4 heteroatoms. The van der Waals surface area contributed by atoms with Crippen LogP contribution in [0.1, 0.15) is 44.9 Å². The number of rotatable bonds is 2. The first-order valence-corrected chi connectivity index (χ1v) is 6.82. The van der Waals surface area contributed by atoms with Gasteiger partial charge in [0.25, 0.3) is 0 Å². The summed E-state index contributed by atoms with van der Waals surface area (Å²) < 4.78 is 23.2. The van der Waals surface area contributed by atoms with E-state index in [0.29, 0.717) is 12.8 Å². The Hall–Kier alpha value is -0.560. The van der Waals surface area contributed by atoms with Gasteiger partial charge in [-0.3, -0.25) is 0 Å². The summed E-state index contributed by atoms with van der Waals surface area (Å²) in [4.78, 5) is 0. The van der Waals surface area contributed by atoms with Gasteiger partial charge in [-0.15, -0.1) is 0 Å². The average molecular weight is 213 g/mol. The SMILES string of the molecule is N#CC1(S(=O)(=O)C2CCCCC2)CC1. The van der Waals surface area contributed by atoms with Crippen LogP contribution in [-0.4, -0.2) is 18.4 Å². The first-order chi connectivity index (χ1) is 6.62. The molecule has 0 atom stereocenters. The van der Waals surface area contributed by atoms with Gasteiger partial charge in [0.1, 0.15) is 0 Å². The van der Waals surface area contributed by atoms with Crippen molar-refractivity contribution in [1.82, 2.24) is 0 Å². The molecule has 2 aliphatic rings. The topological polar surface area (TPSA) is 57.9 Å². The van der Waals surface area contributed by atoms with E-state index in [2.05, 4.69) is 0 Å². The minimum atomic E-state index is -3.16. The molecule has 0 unspecified atom stereocenters. The standard InChI is InChI=1S/C10H15NO2S/c11-8-10(6-7-10)14(12,13)9-4-2-1-3-5-9/h9H,1-7H2. The molecular weight excluding hydrogens is 198 g/mol. The lowest BCUT2D eigenvalue weighted by Gasteiger charge is -2.23. The molecule has 2 saturated carbocycles. The molecule has 0 saturated heterocycles. The first-order valence-electron chi connectivity index (χ1n) is 5.27. The number of sulfone groups is 1. The molecule has 0 amide bonds. The fourth-order valence-electron chi connectivity index (χ4n) is 2.27. The molecule has 0 bridgehead atoms. The Bertz CT molecular complexity index is 356. The van der Waals surface area contributed by atoms with E-state index < -0.39 is 14.6 Å². The van der Waals surface area contributed by atoms with Gasteiger partial charge in [0.05, 0.1) is 11.3 Å². The predicted octanol–water partition coefficient (Wildman–Crippen LogP) is 1.79. The van der Waals surface area contributed by atoms with Crippen LogP contribution in [0.15, 0.2) is 0 Å². The second-order valence-corrected chi connectivity index (χ2v) is 6.95. The van der Waals surface area contributed by atoms with E-state index >= 15 is 0 Å². The van der Waals surface area contributed by atoms with Gasteiger partial charge in [-0.1, -0.05) is 19.3 Å². The number of hydrogen-bond acceptors (Lipinski definition) is 3. The highest BCUT2D eigenvalue weighted by atomic mass is 32.2. The third-order valence-electron chi connectivity index (χ3n) is 3.44. The molecule has 14 heavy (non-hydrogen) atoms. The minimum Gasteiger partial charge on any atom is -0.227 e. The molecule has 2 rings (SSSR count). The van der Waals surface area contributed by atoms with Crippen LogP contribution in [0.4, 0.5) is 0 Å². The van der Waals surface area contributed by atoms with Crippen LogP contribution in [0, 0.1) is 11.3 Å². The third kappa shape index (κ3) is 1.35. The molecule has 0 spiro atoms. The number of nitriles is 1. The molecule has 2 fully saturated rings. The highest BCUT2D eigenvalue weighted by Gasteiger charge is 2.57. The third-order valence-corrected chi connectivity index (χ3v) is 6.38. The van der Waals surface area contributed by atoms with Gasteiger partial charge < -0.3 is 0 Å². The molecular formula is C10H15NO2S. The molecule has 0 aromatic carbocycles. The molecule has 0 aromatic heterocycles. The van der Waals surface area contributed by atoms with E-state index in [0.717, 1.165) is 32.1 Å². The summed E-state index contributed by atoms with van der Waals surface area (Å²) in [5, 5.41) is 8.67. The van der Waals surface area contributed by atoms with Gasteiger partial charge in [0, 0.05) is 0 Å². The molecule has 78 valence electrons. The zero-order valence-electron chi connectivity index (χ0n) is 8.20. The quantitative estimate of drug-likeness (QED) is 0.702. The van der Waals surface area contributed by atoms with Gasteiger partial charge in [-0.2, -0.15) is 5.26 Å². The van der Waals surface area contributed by atoms with E-state index in [9.17, 15) is 8.42 Å². The normalized spacial score (nSPS) is 26.8. The van der Waals surface area contributed by atoms with Crippen LogP contribution in [0.3, 0.4) is 0 Å². The lowest BCUT2D eigenvalue weighted by atomic mass is 10.0. The molecule has 0 aliphatic heterocycles. The maximum atomic E-state index is 12.1. The maximum Gasteiger partial charge on any atom is 0.172 e. The molecule has 2 aliphatic carbocycles. The van der Waals surface area contributed by atoms with Gasteiger partial charge >= 0.3 is 0 Å². The first kappa shape index (κ1) is 9.97. The van der Waals surface area contributed by atoms with Crippen molar-refractivity contribution in [2.45, 2.75) is 54.9 Å². The number of hydrogen-bond donors (Lipinski definition) is 0.